The number of fused-ring (bicyclic) bond motifs is 1. The number of methoxy groups -OCH3 is 1. The number of anilines is 1. The highest BCUT2D eigenvalue weighted by Gasteiger charge is 2.34. The maximum Gasteiger partial charge on any atom is 0.234 e. The monoisotopic (exact) mass is 437 g/mol. The van der Waals surface area contributed by atoms with Crippen molar-refractivity contribution in [3.63, 3.8) is 0 Å². The van der Waals surface area contributed by atoms with Gasteiger partial charge in [-0.3, -0.25) is 9.69 Å². The zero-order chi connectivity index (χ0) is 21.2. The van der Waals surface area contributed by atoms with Crippen LogP contribution < -0.4 is 15.0 Å². The number of ether oxygens (including phenoxy) is 1. The van der Waals surface area contributed by atoms with Crippen LogP contribution in [0.5, 0.6) is 5.75 Å². The van der Waals surface area contributed by atoms with E-state index in [2.05, 4.69) is 48.7 Å². The Morgan fingerprint density at radius 1 is 1.16 bits per heavy atom. The van der Waals surface area contributed by atoms with E-state index in [0.29, 0.717) is 12.5 Å². The fourth-order valence-corrected chi connectivity index (χ4v) is 5.01. The van der Waals surface area contributed by atoms with Crippen LogP contribution in [0.15, 0.2) is 42.0 Å². The largest absolute Gasteiger partial charge is 0.497 e. The highest BCUT2D eigenvalue weighted by molar-refractivity contribution is 7.16. The minimum atomic E-state index is 0.0904. The Kier molecular flexibility index (Phi) is 5.74. The summed E-state index contributed by atoms with van der Waals surface area (Å²) < 4.78 is 5.26. The molecular formula is C23H27N5O2S. The standard InChI is InChI=1S/C23H27N5O2S/c1-30-18-6-4-17(5-7-18)21(16-2-3-16)26-20(29)14-27-9-11-28(12-10-27)22-19-8-13-31-23(19)25-15-24-22/h4-8,13,15-16,21H,2-3,9-12,14H2,1H3,(H,26,29). The first kappa shape index (κ1) is 20.2. The van der Waals surface area contributed by atoms with E-state index in [1.54, 1.807) is 24.8 Å². The van der Waals surface area contributed by atoms with Gasteiger partial charge in [-0.1, -0.05) is 12.1 Å². The molecule has 2 fully saturated rings. The second-order valence-electron chi connectivity index (χ2n) is 8.26. The Morgan fingerprint density at radius 2 is 1.94 bits per heavy atom. The number of hydrogen-bond donors (Lipinski definition) is 1. The van der Waals surface area contributed by atoms with Crippen LogP contribution in [0.4, 0.5) is 5.82 Å². The van der Waals surface area contributed by atoms with E-state index in [1.807, 2.05) is 12.1 Å². The van der Waals surface area contributed by atoms with E-state index < -0.39 is 0 Å². The minimum absolute atomic E-state index is 0.0904. The summed E-state index contributed by atoms with van der Waals surface area (Å²) in [4.78, 5) is 27.2. The topological polar surface area (TPSA) is 70.6 Å². The molecule has 162 valence electrons. The van der Waals surface area contributed by atoms with Gasteiger partial charge in [-0.15, -0.1) is 11.3 Å². The van der Waals surface area contributed by atoms with Crippen molar-refractivity contribution in [2.45, 2.75) is 18.9 Å². The van der Waals surface area contributed by atoms with Gasteiger partial charge >= 0.3 is 0 Å². The Balaban J connectivity index is 1.17. The molecule has 7 nitrogen and oxygen atoms in total. The molecule has 0 bridgehead atoms. The van der Waals surface area contributed by atoms with Crippen LogP contribution in [0.3, 0.4) is 0 Å². The van der Waals surface area contributed by atoms with Crippen molar-refractivity contribution in [1.82, 2.24) is 20.2 Å². The van der Waals surface area contributed by atoms with Crippen molar-refractivity contribution in [3.8, 4) is 5.75 Å². The van der Waals surface area contributed by atoms with E-state index in [1.165, 1.54) is 12.8 Å². The summed E-state index contributed by atoms with van der Waals surface area (Å²) in [5, 5.41) is 6.46. The lowest BCUT2D eigenvalue weighted by molar-refractivity contribution is -0.123. The first-order valence-electron chi connectivity index (χ1n) is 10.8. The van der Waals surface area contributed by atoms with Crippen LogP contribution in [-0.4, -0.2) is 60.6 Å². The van der Waals surface area contributed by atoms with Gasteiger partial charge in [0.15, 0.2) is 0 Å². The summed E-state index contributed by atoms with van der Waals surface area (Å²) >= 11 is 1.64. The third-order valence-corrected chi connectivity index (χ3v) is 6.99. The molecule has 1 atom stereocenters. The first-order chi connectivity index (χ1) is 15.2. The smallest absolute Gasteiger partial charge is 0.234 e. The highest BCUT2D eigenvalue weighted by atomic mass is 32.1. The maximum atomic E-state index is 12.8. The number of carbonyl (C=O) groups is 1. The van der Waals surface area contributed by atoms with E-state index in [0.717, 1.165) is 53.5 Å². The molecule has 1 saturated carbocycles. The Hall–Kier alpha value is -2.71. The highest BCUT2D eigenvalue weighted by Crippen LogP contribution is 2.41. The lowest BCUT2D eigenvalue weighted by Crippen LogP contribution is -2.50. The van der Waals surface area contributed by atoms with Crippen LogP contribution >= 0.6 is 11.3 Å². The summed E-state index contributed by atoms with van der Waals surface area (Å²) in [5.74, 6) is 2.48. The second-order valence-corrected chi connectivity index (χ2v) is 9.15. The SMILES string of the molecule is COc1ccc(C(NC(=O)CN2CCN(c3ncnc4sccc34)CC2)C2CC2)cc1. The molecule has 8 heteroatoms. The van der Waals surface area contributed by atoms with E-state index in [-0.39, 0.29) is 11.9 Å². The molecule has 0 radical (unpaired) electrons. The first-order valence-corrected chi connectivity index (χ1v) is 11.7. The normalized spacial score (nSPS) is 18.2. The quantitative estimate of drug-likeness (QED) is 0.613. The Bertz CT molecular complexity index is 1040. The summed E-state index contributed by atoms with van der Waals surface area (Å²) in [7, 11) is 1.67. The maximum absolute atomic E-state index is 12.8. The van der Waals surface area contributed by atoms with Gasteiger partial charge in [0, 0.05) is 26.2 Å². The number of piperazine rings is 1. The number of aromatic nitrogens is 2. The van der Waals surface area contributed by atoms with Crippen LogP contribution in [-0.2, 0) is 4.79 Å². The Morgan fingerprint density at radius 3 is 2.65 bits per heavy atom. The average molecular weight is 438 g/mol. The molecule has 31 heavy (non-hydrogen) atoms. The number of benzene rings is 1. The molecule has 1 amide bonds. The third kappa shape index (κ3) is 4.50. The van der Waals surface area contributed by atoms with Crippen molar-refractivity contribution < 1.29 is 9.53 Å². The van der Waals surface area contributed by atoms with Crippen molar-refractivity contribution in [2.75, 3.05) is 44.7 Å². The number of hydrogen-bond acceptors (Lipinski definition) is 7. The Labute approximate surface area is 186 Å². The lowest BCUT2D eigenvalue weighted by Gasteiger charge is -2.35. The number of rotatable bonds is 7. The van der Waals surface area contributed by atoms with Crippen molar-refractivity contribution in [2.24, 2.45) is 5.92 Å². The van der Waals surface area contributed by atoms with E-state index in [9.17, 15) is 4.79 Å². The zero-order valence-corrected chi connectivity index (χ0v) is 18.5. The van der Waals surface area contributed by atoms with Gasteiger partial charge in [0.1, 0.15) is 22.7 Å². The number of nitrogens with zero attached hydrogens (tertiary/aromatic N) is 4. The average Bonchev–Trinajstić information content (AvgIpc) is 3.53. The number of amides is 1. The van der Waals surface area contributed by atoms with Crippen molar-refractivity contribution in [3.05, 3.63) is 47.6 Å². The lowest BCUT2D eigenvalue weighted by atomic mass is 10.0. The van der Waals surface area contributed by atoms with Crippen LogP contribution in [0.1, 0.15) is 24.4 Å². The molecule has 1 aromatic carbocycles. The van der Waals surface area contributed by atoms with Gasteiger partial charge in [-0.05, 0) is 47.9 Å². The molecule has 1 aliphatic heterocycles. The molecule has 1 N–H and O–H groups in total. The van der Waals surface area contributed by atoms with E-state index in [4.69, 9.17) is 4.74 Å². The fraction of sp³-hybridized carbons (Fsp3) is 0.435. The van der Waals surface area contributed by atoms with Crippen molar-refractivity contribution in [1.29, 1.82) is 0 Å². The summed E-state index contributed by atoms with van der Waals surface area (Å²) in [6.45, 7) is 3.85. The van der Waals surface area contributed by atoms with Gasteiger partial charge in [0.25, 0.3) is 0 Å². The van der Waals surface area contributed by atoms with Gasteiger partial charge < -0.3 is 15.0 Å². The number of nitrogens with one attached hydrogen (secondary N) is 1. The summed E-state index contributed by atoms with van der Waals surface area (Å²) in [6, 6.07) is 10.2. The van der Waals surface area contributed by atoms with Gasteiger partial charge in [0.05, 0.1) is 25.1 Å². The summed E-state index contributed by atoms with van der Waals surface area (Å²) in [5.41, 5.74) is 1.16. The molecule has 1 saturated heterocycles. The molecule has 2 aliphatic rings. The van der Waals surface area contributed by atoms with Crippen LogP contribution in [0, 0.1) is 5.92 Å². The fourth-order valence-electron chi connectivity index (χ4n) is 4.28. The number of carbonyl (C=O) groups excluding carboxylic acids is 1. The molecule has 5 rings (SSSR count). The summed E-state index contributed by atoms with van der Waals surface area (Å²) in [6.07, 6.45) is 3.99. The molecule has 3 aromatic rings. The van der Waals surface area contributed by atoms with Gasteiger partial charge in [-0.25, -0.2) is 9.97 Å². The second kappa shape index (κ2) is 8.80. The van der Waals surface area contributed by atoms with Crippen LogP contribution in [0.25, 0.3) is 10.2 Å². The minimum Gasteiger partial charge on any atom is -0.497 e. The zero-order valence-electron chi connectivity index (χ0n) is 17.7. The molecule has 3 heterocycles. The molecule has 2 aromatic heterocycles. The van der Waals surface area contributed by atoms with Crippen molar-refractivity contribution >= 4 is 33.3 Å². The van der Waals surface area contributed by atoms with E-state index >= 15 is 0 Å². The molecule has 1 aliphatic carbocycles. The van der Waals surface area contributed by atoms with Gasteiger partial charge in [0.2, 0.25) is 5.91 Å². The third-order valence-electron chi connectivity index (χ3n) is 6.16. The molecular weight excluding hydrogens is 410 g/mol. The van der Waals surface area contributed by atoms with Crippen LogP contribution in [0.2, 0.25) is 0 Å². The predicted molar refractivity (Wildman–Crippen MR) is 123 cm³/mol. The molecule has 0 spiro atoms. The number of thiophene rings is 1. The predicted octanol–water partition coefficient (Wildman–Crippen LogP) is 3.09. The molecule has 1 unspecified atom stereocenters. The van der Waals surface area contributed by atoms with Gasteiger partial charge in [-0.2, -0.15) is 0 Å².